The quantitative estimate of drug-likeness (QED) is 0.305. The van der Waals surface area contributed by atoms with Crippen LogP contribution in [0.2, 0.25) is 0 Å². The highest BCUT2D eigenvalue weighted by Gasteiger charge is 2.68. The maximum atomic E-state index is 13.7. The van der Waals surface area contributed by atoms with Crippen molar-refractivity contribution in [3.8, 4) is 0 Å². The van der Waals surface area contributed by atoms with Crippen LogP contribution in [0.3, 0.4) is 0 Å². The van der Waals surface area contributed by atoms with Gasteiger partial charge in [0.25, 0.3) is 0 Å². The van der Waals surface area contributed by atoms with E-state index in [2.05, 4.69) is 0 Å². The van der Waals surface area contributed by atoms with E-state index in [0.29, 0.717) is 32.1 Å². The van der Waals surface area contributed by atoms with Gasteiger partial charge in [0.1, 0.15) is 17.0 Å². The lowest BCUT2D eigenvalue weighted by Gasteiger charge is -2.56. The molecule has 0 amide bonds. The van der Waals surface area contributed by atoms with Gasteiger partial charge in [-0.15, -0.1) is 0 Å². The minimum Gasteiger partial charge on any atom is -0.460 e. The number of fused-ring (bicyclic) bond motifs is 5. The molecule has 41 heavy (non-hydrogen) atoms. The number of esters is 1. The summed E-state index contributed by atoms with van der Waals surface area (Å²) in [6.07, 6.45) is 8.43. The zero-order chi connectivity index (χ0) is 30.2. The zero-order valence-electron chi connectivity index (χ0n) is 25.0. The molecule has 0 aromatic rings. The molecule has 0 aromatic carbocycles. The highest BCUT2D eigenvalue weighted by atomic mass is 16.7. The molecule has 0 unspecified atom stereocenters. The summed E-state index contributed by atoms with van der Waals surface area (Å²) in [6, 6.07) is 0. The summed E-state index contributed by atoms with van der Waals surface area (Å²) in [7, 11) is 0. The number of hydrogen-bond donors (Lipinski definition) is 1. The highest BCUT2D eigenvalue weighted by Crippen LogP contribution is 2.66. The maximum absolute atomic E-state index is 13.7. The largest absolute Gasteiger partial charge is 0.508 e. The predicted molar refractivity (Wildman–Crippen MR) is 149 cm³/mol. The summed E-state index contributed by atoms with van der Waals surface area (Å²) in [5, 5.41) is 11.7. The molecule has 0 heterocycles. The number of carbonyl (C=O) groups is 5. The van der Waals surface area contributed by atoms with Gasteiger partial charge >= 0.3 is 12.1 Å². The van der Waals surface area contributed by atoms with Crippen LogP contribution in [0.15, 0.2) is 23.8 Å². The van der Waals surface area contributed by atoms with E-state index in [0.717, 1.165) is 12.0 Å². The minimum atomic E-state index is -1.78. The zero-order valence-corrected chi connectivity index (χ0v) is 25.0. The van der Waals surface area contributed by atoms with Crippen LogP contribution >= 0.6 is 0 Å². The molecule has 0 aromatic heterocycles. The van der Waals surface area contributed by atoms with Gasteiger partial charge < -0.3 is 19.3 Å². The Labute approximate surface area is 242 Å². The number of hydrogen-bond acceptors (Lipinski definition) is 9. The molecule has 1 N–H and O–H groups in total. The summed E-state index contributed by atoms with van der Waals surface area (Å²) < 4.78 is 15.4. The van der Waals surface area contributed by atoms with Gasteiger partial charge in [0.15, 0.2) is 12.4 Å². The van der Waals surface area contributed by atoms with E-state index in [-0.39, 0.29) is 61.2 Å². The normalized spacial score (nSPS) is 34.2. The molecule has 9 heteroatoms. The third-order valence-corrected chi connectivity index (χ3v) is 9.86. The average molecular weight is 573 g/mol. The van der Waals surface area contributed by atoms with Gasteiger partial charge in [-0.1, -0.05) is 25.5 Å². The molecule has 4 rings (SSSR count). The average Bonchev–Trinajstić information content (AvgIpc) is 3.14. The van der Waals surface area contributed by atoms with Gasteiger partial charge in [-0.2, -0.15) is 0 Å². The molecule has 0 spiro atoms. The van der Waals surface area contributed by atoms with Gasteiger partial charge in [0, 0.05) is 29.6 Å². The van der Waals surface area contributed by atoms with E-state index in [1.165, 1.54) is 0 Å². The Bertz CT molecular complexity index is 1160. The fourth-order valence-corrected chi connectivity index (χ4v) is 7.87. The Morgan fingerprint density at radius 2 is 1.78 bits per heavy atom. The van der Waals surface area contributed by atoms with Crippen LogP contribution in [0.25, 0.3) is 0 Å². The number of rotatable bonds is 9. The molecule has 4 aliphatic carbocycles. The van der Waals surface area contributed by atoms with Crippen LogP contribution in [-0.2, 0) is 33.4 Å². The van der Waals surface area contributed by atoms with Crippen molar-refractivity contribution in [2.45, 2.75) is 104 Å². The molecule has 0 radical (unpaired) electrons. The Morgan fingerprint density at radius 1 is 1.05 bits per heavy atom. The molecule has 226 valence electrons. The van der Waals surface area contributed by atoms with Crippen molar-refractivity contribution in [2.75, 3.05) is 13.2 Å². The Hall–Kier alpha value is -2.81. The lowest BCUT2D eigenvalue weighted by atomic mass is 9.46. The smallest absolute Gasteiger partial charge is 0.460 e. The third-order valence-electron chi connectivity index (χ3n) is 9.86. The third kappa shape index (κ3) is 6.06. The van der Waals surface area contributed by atoms with Crippen molar-refractivity contribution < 1.29 is 43.3 Å². The van der Waals surface area contributed by atoms with E-state index in [1.807, 2.05) is 40.7 Å². The van der Waals surface area contributed by atoms with Crippen LogP contribution in [-0.4, -0.2) is 59.0 Å². The number of unbranched alkanes of at least 4 members (excludes halogenated alkanes) is 2. The summed E-state index contributed by atoms with van der Waals surface area (Å²) >= 11 is 0. The molecule has 3 saturated carbocycles. The summed E-state index contributed by atoms with van der Waals surface area (Å²) in [4.78, 5) is 62.8. The highest BCUT2D eigenvalue weighted by molar-refractivity contribution is 6.02. The van der Waals surface area contributed by atoms with Crippen LogP contribution in [0.1, 0.15) is 92.4 Å². The first-order chi connectivity index (χ1) is 19.1. The number of Topliss-reactive ketones (excluding diaryl/α,β-unsaturated/α-hetero) is 2. The van der Waals surface area contributed by atoms with Crippen LogP contribution in [0, 0.1) is 28.6 Å². The number of allylic oxidation sites excluding steroid dienone is 4. The molecule has 6 atom stereocenters. The SMILES string of the molecule is CC(C)(C)OC(=O)CCCCCOC(=O)OCC(=O)[C@@]1(O)CC[C@H]2[C@@H]3CCC4=CC(=O)C=C[C@]4(C)[C@H]3C(=O)C[C@@]21C. The molecule has 3 fully saturated rings. The first-order valence-corrected chi connectivity index (χ1v) is 14.8. The second kappa shape index (κ2) is 11.5. The molecular weight excluding hydrogens is 528 g/mol. The lowest BCUT2D eigenvalue weighted by Crippen LogP contribution is -2.60. The van der Waals surface area contributed by atoms with Crippen LogP contribution in [0.5, 0.6) is 0 Å². The van der Waals surface area contributed by atoms with Crippen LogP contribution < -0.4 is 0 Å². The summed E-state index contributed by atoms with van der Waals surface area (Å²) in [5.41, 5.74) is -2.80. The Morgan fingerprint density at radius 3 is 2.49 bits per heavy atom. The summed E-state index contributed by atoms with van der Waals surface area (Å²) in [5.74, 6) is -1.29. The molecular formula is C32H44O9. The topological polar surface area (TPSA) is 133 Å². The first-order valence-electron chi connectivity index (χ1n) is 14.8. The Balaban J connectivity index is 1.28. The van der Waals surface area contributed by atoms with Crippen molar-refractivity contribution in [1.29, 1.82) is 0 Å². The van der Waals surface area contributed by atoms with E-state index in [4.69, 9.17) is 14.2 Å². The number of aliphatic hydroxyl groups is 1. The second-order valence-corrected chi connectivity index (χ2v) is 13.6. The van der Waals surface area contributed by atoms with Gasteiger partial charge in [0.2, 0.25) is 5.78 Å². The van der Waals surface area contributed by atoms with Gasteiger partial charge in [-0.05, 0) is 89.7 Å². The Kier molecular flexibility index (Phi) is 8.70. The minimum absolute atomic E-state index is 0.000899. The van der Waals surface area contributed by atoms with Crippen molar-refractivity contribution in [3.05, 3.63) is 23.8 Å². The first kappa shape index (κ1) is 31.1. The number of carbonyl (C=O) groups excluding carboxylic acids is 5. The standard InChI is InChI=1S/C32H44O9/c1-29(2,3)41-26(36)9-7-6-8-16-39-28(37)40-19-25(35)32(38)15-13-23-22-11-10-20-17-21(33)12-14-30(20,4)27(22)24(34)18-31(23,32)5/h12,14,17,22-23,27,38H,6-11,13,15-16,18-19H2,1-5H3/t22-,23-,27+,30-,31-,32-/m0/s1. The van der Waals surface area contributed by atoms with Gasteiger partial charge in [-0.25, -0.2) is 4.79 Å². The molecule has 9 nitrogen and oxygen atoms in total. The van der Waals surface area contributed by atoms with Crippen LogP contribution in [0.4, 0.5) is 4.79 Å². The number of ether oxygens (including phenoxy) is 3. The van der Waals surface area contributed by atoms with Gasteiger partial charge in [0.05, 0.1) is 6.61 Å². The molecule has 0 aliphatic heterocycles. The summed E-state index contributed by atoms with van der Waals surface area (Å²) in [6.45, 7) is 8.72. The van der Waals surface area contributed by atoms with Crippen molar-refractivity contribution >= 4 is 29.5 Å². The van der Waals surface area contributed by atoms with E-state index >= 15 is 0 Å². The van der Waals surface area contributed by atoms with E-state index in [9.17, 15) is 29.1 Å². The van der Waals surface area contributed by atoms with Crippen molar-refractivity contribution in [3.63, 3.8) is 0 Å². The predicted octanol–water partition coefficient (Wildman–Crippen LogP) is 4.83. The van der Waals surface area contributed by atoms with E-state index in [1.54, 1.807) is 12.2 Å². The second-order valence-electron chi connectivity index (χ2n) is 13.6. The van der Waals surface area contributed by atoms with Crippen molar-refractivity contribution in [1.82, 2.24) is 0 Å². The number of ketones is 3. The molecule has 0 bridgehead atoms. The lowest BCUT2D eigenvalue weighted by molar-refractivity contribution is -0.169. The molecule has 0 saturated heterocycles. The molecule has 4 aliphatic rings. The van der Waals surface area contributed by atoms with Crippen molar-refractivity contribution in [2.24, 2.45) is 28.6 Å². The monoisotopic (exact) mass is 572 g/mol. The fourth-order valence-electron chi connectivity index (χ4n) is 7.87. The van der Waals surface area contributed by atoms with Gasteiger partial charge in [-0.3, -0.25) is 19.2 Å². The van der Waals surface area contributed by atoms with E-state index < -0.39 is 40.6 Å². The fraction of sp³-hybridized carbons (Fsp3) is 0.719. The maximum Gasteiger partial charge on any atom is 0.508 e.